The molecule has 0 spiro atoms. The van der Waals surface area contributed by atoms with Gasteiger partial charge < -0.3 is 14.8 Å². The highest BCUT2D eigenvalue weighted by molar-refractivity contribution is 8.15. The standard InChI is InChI=1S/C19H27N3O3S/c1-4-5-6-7-8-9-17-18(23)21-19(26-17)22-20-13-14-10-11-15(24-2)16(12-14)25-3/h10-13,17H,4-9H2,1-3H3,(H,21,22,23). The number of ether oxygens (including phenoxy) is 2. The molecule has 1 aromatic carbocycles. The van der Waals surface area contributed by atoms with Gasteiger partial charge in [-0.15, -0.1) is 5.10 Å². The van der Waals surface area contributed by atoms with E-state index in [9.17, 15) is 4.79 Å². The molecule has 1 fully saturated rings. The summed E-state index contributed by atoms with van der Waals surface area (Å²) < 4.78 is 10.5. The van der Waals surface area contributed by atoms with Gasteiger partial charge in [-0.05, 0) is 30.2 Å². The van der Waals surface area contributed by atoms with Gasteiger partial charge >= 0.3 is 0 Å². The molecule has 0 aromatic heterocycles. The predicted octanol–water partition coefficient (Wildman–Crippen LogP) is 3.99. The molecule has 1 aliphatic rings. The zero-order valence-electron chi connectivity index (χ0n) is 15.7. The Morgan fingerprint density at radius 1 is 1.15 bits per heavy atom. The van der Waals surface area contributed by atoms with Gasteiger partial charge in [-0.25, -0.2) is 0 Å². The monoisotopic (exact) mass is 377 g/mol. The fourth-order valence-electron chi connectivity index (χ4n) is 2.66. The largest absolute Gasteiger partial charge is 0.493 e. The highest BCUT2D eigenvalue weighted by Crippen LogP contribution is 2.27. The zero-order chi connectivity index (χ0) is 18.8. The van der Waals surface area contributed by atoms with Crippen molar-refractivity contribution >= 4 is 29.1 Å². The third kappa shape index (κ3) is 6.05. The van der Waals surface area contributed by atoms with Crippen LogP contribution < -0.4 is 14.8 Å². The van der Waals surface area contributed by atoms with E-state index < -0.39 is 0 Å². The molecule has 0 aliphatic carbocycles. The van der Waals surface area contributed by atoms with Crippen molar-refractivity contribution in [2.24, 2.45) is 10.2 Å². The number of carbonyl (C=O) groups excluding carboxylic acids is 1. The maximum atomic E-state index is 12.0. The van der Waals surface area contributed by atoms with Crippen LogP contribution >= 0.6 is 11.8 Å². The lowest BCUT2D eigenvalue weighted by atomic mass is 10.1. The fraction of sp³-hybridized carbons (Fsp3) is 0.526. The van der Waals surface area contributed by atoms with Crippen molar-refractivity contribution in [2.45, 2.75) is 50.7 Å². The summed E-state index contributed by atoms with van der Waals surface area (Å²) in [7, 11) is 3.18. The minimum absolute atomic E-state index is 0.0329. The van der Waals surface area contributed by atoms with Crippen molar-refractivity contribution in [3.8, 4) is 11.5 Å². The van der Waals surface area contributed by atoms with Crippen LogP contribution in [0.2, 0.25) is 0 Å². The Morgan fingerprint density at radius 3 is 2.65 bits per heavy atom. The summed E-state index contributed by atoms with van der Waals surface area (Å²) in [5, 5.41) is 11.5. The number of carbonyl (C=O) groups is 1. The molecule has 1 N–H and O–H groups in total. The molecule has 7 heteroatoms. The van der Waals surface area contributed by atoms with Crippen LogP contribution in [0.25, 0.3) is 0 Å². The van der Waals surface area contributed by atoms with Crippen molar-refractivity contribution in [3.63, 3.8) is 0 Å². The molecule has 0 bridgehead atoms. The molecule has 1 unspecified atom stereocenters. The first kappa shape index (κ1) is 20.3. The normalized spacial score (nSPS) is 18.5. The van der Waals surface area contributed by atoms with Crippen molar-refractivity contribution in [1.29, 1.82) is 0 Å². The minimum atomic E-state index is -0.0494. The van der Waals surface area contributed by atoms with Gasteiger partial charge in [0.15, 0.2) is 16.7 Å². The highest BCUT2D eigenvalue weighted by atomic mass is 32.2. The Bertz CT molecular complexity index is 661. The fourth-order valence-corrected chi connectivity index (χ4v) is 3.63. The quantitative estimate of drug-likeness (QED) is 0.380. The number of thioether (sulfide) groups is 1. The third-order valence-electron chi connectivity index (χ3n) is 4.11. The molecule has 1 aromatic rings. The second-order valence-corrected chi connectivity index (χ2v) is 7.25. The van der Waals surface area contributed by atoms with E-state index in [1.54, 1.807) is 20.4 Å². The average molecular weight is 378 g/mol. The molecule has 1 aliphatic heterocycles. The number of rotatable bonds is 10. The van der Waals surface area contributed by atoms with Crippen molar-refractivity contribution in [3.05, 3.63) is 23.8 Å². The molecule has 0 saturated carbocycles. The lowest BCUT2D eigenvalue weighted by molar-refractivity contribution is -0.118. The van der Waals surface area contributed by atoms with E-state index in [0.717, 1.165) is 18.4 Å². The number of nitrogens with zero attached hydrogens (tertiary/aromatic N) is 2. The maximum Gasteiger partial charge on any atom is 0.239 e. The van der Waals surface area contributed by atoms with Gasteiger partial charge in [0, 0.05) is 0 Å². The summed E-state index contributed by atoms with van der Waals surface area (Å²) in [5.74, 6) is 1.33. The summed E-state index contributed by atoms with van der Waals surface area (Å²) in [5.41, 5.74) is 0.841. The van der Waals surface area contributed by atoms with Crippen LogP contribution in [-0.4, -0.2) is 36.8 Å². The predicted molar refractivity (Wildman–Crippen MR) is 107 cm³/mol. The molecule has 6 nitrogen and oxygen atoms in total. The first-order chi connectivity index (χ1) is 12.7. The molecule has 1 saturated heterocycles. The van der Waals surface area contributed by atoms with E-state index in [4.69, 9.17) is 9.47 Å². The van der Waals surface area contributed by atoms with Crippen LogP contribution in [0.4, 0.5) is 0 Å². The second kappa shape index (κ2) is 10.9. The highest BCUT2D eigenvalue weighted by Gasteiger charge is 2.29. The van der Waals surface area contributed by atoms with Gasteiger partial charge in [0.1, 0.15) is 0 Å². The number of methoxy groups -OCH3 is 2. The second-order valence-electron chi connectivity index (χ2n) is 6.06. The van der Waals surface area contributed by atoms with E-state index in [-0.39, 0.29) is 11.2 Å². The third-order valence-corrected chi connectivity index (χ3v) is 5.25. The summed E-state index contributed by atoms with van der Waals surface area (Å²) >= 11 is 1.46. The molecule has 26 heavy (non-hydrogen) atoms. The maximum absolute atomic E-state index is 12.0. The lowest BCUT2D eigenvalue weighted by Crippen LogP contribution is -2.24. The van der Waals surface area contributed by atoms with Crippen molar-refractivity contribution < 1.29 is 14.3 Å². The Kier molecular flexibility index (Phi) is 8.47. The van der Waals surface area contributed by atoms with Crippen molar-refractivity contribution in [1.82, 2.24) is 5.32 Å². The van der Waals surface area contributed by atoms with Crippen LogP contribution in [-0.2, 0) is 4.79 Å². The smallest absolute Gasteiger partial charge is 0.239 e. The Hall–Kier alpha value is -2.02. The number of amidine groups is 1. The van der Waals surface area contributed by atoms with Gasteiger partial charge in [0.25, 0.3) is 0 Å². The molecule has 1 heterocycles. The topological polar surface area (TPSA) is 72.3 Å². The van der Waals surface area contributed by atoms with Crippen molar-refractivity contribution in [2.75, 3.05) is 14.2 Å². The Morgan fingerprint density at radius 2 is 1.92 bits per heavy atom. The summed E-state index contributed by atoms with van der Waals surface area (Å²) in [6.07, 6.45) is 8.51. The Labute approximate surface area is 159 Å². The number of nitrogens with one attached hydrogen (secondary N) is 1. The van der Waals surface area contributed by atoms with E-state index >= 15 is 0 Å². The van der Waals surface area contributed by atoms with Crippen LogP contribution in [0.15, 0.2) is 28.4 Å². The molecule has 0 radical (unpaired) electrons. The van der Waals surface area contributed by atoms with E-state index in [0.29, 0.717) is 16.7 Å². The average Bonchev–Trinajstić information content (AvgIpc) is 3.01. The summed E-state index contributed by atoms with van der Waals surface area (Å²) in [6.45, 7) is 2.20. The number of hydrogen-bond donors (Lipinski definition) is 1. The first-order valence-corrected chi connectivity index (χ1v) is 9.86. The van der Waals surface area contributed by atoms with Gasteiger partial charge in [-0.2, -0.15) is 5.10 Å². The lowest BCUT2D eigenvalue weighted by Gasteiger charge is -2.07. The summed E-state index contributed by atoms with van der Waals surface area (Å²) in [6, 6.07) is 5.50. The number of unbranched alkanes of at least 4 members (excludes halogenated alkanes) is 4. The minimum Gasteiger partial charge on any atom is -0.493 e. The van der Waals surface area contributed by atoms with Crippen LogP contribution in [0.5, 0.6) is 11.5 Å². The molecule has 1 amide bonds. The first-order valence-electron chi connectivity index (χ1n) is 8.98. The SMILES string of the molecule is CCCCCCCC1S/C(=N/N=Cc2ccc(OC)c(OC)c2)NC1=O. The molecule has 142 valence electrons. The molecular formula is C19H27N3O3S. The van der Waals surface area contributed by atoms with Gasteiger partial charge in [0.05, 0.1) is 25.7 Å². The molecule has 2 rings (SSSR count). The number of amides is 1. The number of hydrogen-bond acceptors (Lipinski definition) is 6. The van der Waals surface area contributed by atoms with E-state index in [1.807, 2.05) is 18.2 Å². The zero-order valence-corrected chi connectivity index (χ0v) is 16.5. The molecule has 1 atom stereocenters. The molecular weight excluding hydrogens is 350 g/mol. The summed E-state index contributed by atoms with van der Waals surface area (Å²) in [4.78, 5) is 12.0. The van der Waals surface area contributed by atoms with Gasteiger partial charge in [-0.3, -0.25) is 4.79 Å². The van der Waals surface area contributed by atoms with Crippen LogP contribution in [0.3, 0.4) is 0 Å². The van der Waals surface area contributed by atoms with E-state index in [1.165, 1.54) is 37.4 Å². The number of benzene rings is 1. The van der Waals surface area contributed by atoms with Gasteiger partial charge in [-0.1, -0.05) is 50.8 Å². The van der Waals surface area contributed by atoms with E-state index in [2.05, 4.69) is 22.4 Å². The van der Waals surface area contributed by atoms with Crippen LogP contribution in [0, 0.1) is 0 Å². The van der Waals surface area contributed by atoms with Gasteiger partial charge in [0.2, 0.25) is 5.91 Å². The Balaban J connectivity index is 1.86. The van der Waals surface area contributed by atoms with Crippen LogP contribution in [0.1, 0.15) is 51.0 Å².